The number of esters is 1. The molecule has 5 nitrogen and oxygen atoms in total. The summed E-state index contributed by atoms with van der Waals surface area (Å²) in [6.45, 7) is 4.15. The van der Waals surface area contributed by atoms with Gasteiger partial charge in [0.05, 0.1) is 5.56 Å². The number of rotatable bonds is 3. The summed E-state index contributed by atoms with van der Waals surface area (Å²) < 4.78 is 12.7. The van der Waals surface area contributed by atoms with Gasteiger partial charge in [0.25, 0.3) is 0 Å². The van der Waals surface area contributed by atoms with Crippen LogP contribution in [0.5, 0.6) is 5.75 Å². The molecule has 0 aliphatic carbocycles. The molecule has 0 bridgehead atoms. The number of nitrogens with one attached hydrogen (secondary N) is 1. The number of carbonyl (C=O) groups is 1. The molecule has 3 aromatic rings. The van der Waals surface area contributed by atoms with Gasteiger partial charge in [0, 0.05) is 53.2 Å². The number of benzene rings is 2. The highest BCUT2D eigenvalue weighted by molar-refractivity contribution is 6.07. The molecule has 0 saturated carbocycles. The molecule has 1 aromatic heterocycles. The van der Waals surface area contributed by atoms with Crippen molar-refractivity contribution in [1.82, 2.24) is 9.88 Å². The van der Waals surface area contributed by atoms with E-state index in [0.717, 1.165) is 65.8 Å². The lowest BCUT2D eigenvalue weighted by Gasteiger charge is -2.56. The minimum atomic E-state index is -0.730. The Bertz CT molecular complexity index is 1290. The highest BCUT2D eigenvalue weighted by Gasteiger charge is 2.52. The molecule has 3 aliphatic rings. The number of aryl methyl sites for hydroxylation is 1. The zero-order chi connectivity index (χ0) is 23.3. The number of nitrogens with zero attached hydrogens (tertiary/aromatic N) is 1. The second-order valence-electron chi connectivity index (χ2n) is 9.89. The predicted molar refractivity (Wildman–Crippen MR) is 132 cm³/mol. The van der Waals surface area contributed by atoms with Gasteiger partial charge >= 0.3 is 5.97 Å². The van der Waals surface area contributed by atoms with Gasteiger partial charge in [-0.25, -0.2) is 4.79 Å². The Morgan fingerprint density at radius 1 is 1.21 bits per heavy atom. The molecule has 1 N–H and O–H groups in total. The van der Waals surface area contributed by atoms with Crippen molar-refractivity contribution in [3.05, 3.63) is 64.8 Å². The standard InChI is InChI=1S/C29H30N2O3/c1-3-24(20-10-5-4-6-11-20)33-28(32)26-19(2)30-23-13-14-25-22(27(23)26)18-21-12-9-17-31-16-8-7-15-29(21,31)34-25/h1,4-6,10-11,13-14,21,24,30H,7-9,12,15-18H2,2H3. The van der Waals surface area contributed by atoms with Crippen molar-refractivity contribution in [3.8, 4) is 18.1 Å². The molecule has 5 heteroatoms. The van der Waals surface area contributed by atoms with Crippen LogP contribution in [0.1, 0.15) is 65.4 Å². The van der Waals surface area contributed by atoms with Gasteiger partial charge in [-0.2, -0.15) is 0 Å². The van der Waals surface area contributed by atoms with Crippen molar-refractivity contribution in [2.24, 2.45) is 5.92 Å². The minimum absolute atomic E-state index is 0.189. The number of carbonyl (C=O) groups excluding carboxylic acids is 1. The molecule has 2 fully saturated rings. The normalized spacial score (nSPS) is 24.8. The van der Waals surface area contributed by atoms with E-state index in [0.29, 0.717) is 11.5 Å². The summed E-state index contributed by atoms with van der Waals surface area (Å²) in [5, 5.41) is 0.923. The number of ether oxygens (including phenoxy) is 2. The first-order valence-corrected chi connectivity index (χ1v) is 12.4. The quantitative estimate of drug-likeness (QED) is 0.417. The molecule has 2 saturated heterocycles. The Kier molecular flexibility index (Phi) is 5.15. The molecule has 3 atom stereocenters. The van der Waals surface area contributed by atoms with E-state index in [1.807, 2.05) is 43.3 Å². The van der Waals surface area contributed by atoms with E-state index >= 15 is 0 Å². The molecular formula is C29H30N2O3. The number of piperidine rings is 2. The average Bonchev–Trinajstić information content (AvgIpc) is 3.21. The average molecular weight is 455 g/mol. The van der Waals surface area contributed by atoms with E-state index in [2.05, 4.69) is 21.9 Å². The summed E-state index contributed by atoms with van der Waals surface area (Å²) in [5.74, 6) is 3.57. The van der Waals surface area contributed by atoms with E-state index in [9.17, 15) is 4.79 Å². The highest BCUT2D eigenvalue weighted by atomic mass is 16.5. The van der Waals surface area contributed by atoms with Crippen LogP contribution in [0.25, 0.3) is 10.9 Å². The third-order valence-electron chi connectivity index (χ3n) is 8.00. The summed E-state index contributed by atoms with van der Waals surface area (Å²) in [5.41, 5.74) is 4.03. The van der Waals surface area contributed by atoms with Gasteiger partial charge in [-0.05, 0) is 51.2 Å². The Morgan fingerprint density at radius 2 is 2.03 bits per heavy atom. The second kappa shape index (κ2) is 8.21. The maximum Gasteiger partial charge on any atom is 0.342 e. The van der Waals surface area contributed by atoms with Gasteiger partial charge in [-0.15, -0.1) is 6.42 Å². The Labute approximate surface area is 200 Å². The van der Waals surface area contributed by atoms with Crippen molar-refractivity contribution >= 4 is 16.9 Å². The van der Waals surface area contributed by atoms with Crippen LogP contribution < -0.4 is 4.74 Å². The molecule has 3 unspecified atom stereocenters. The molecular weight excluding hydrogens is 424 g/mol. The lowest BCUT2D eigenvalue weighted by atomic mass is 9.74. The number of H-pyrrole nitrogens is 1. The predicted octanol–water partition coefficient (Wildman–Crippen LogP) is 5.53. The molecule has 3 aliphatic heterocycles. The van der Waals surface area contributed by atoms with Crippen LogP contribution in [0.15, 0.2) is 42.5 Å². The van der Waals surface area contributed by atoms with E-state index in [-0.39, 0.29) is 5.72 Å². The lowest BCUT2D eigenvalue weighted by Crippen LogP contribution is -2.64. The van der Waals surface area contributed by atoms with Gasteiger partial charge < -0.3 is 14.5 Å². The van der Waals surface area contributed by atoms with E-state index in [1.165, 1.54) is 19.3 Å². The van der Waals surface area contributed by atoms with Crippen LogP contribution in [-0.4, -0.2) is 34.7 Å². The maximum absolute atomic E-state index is 13.5. The number of terminal acetylenes is 1. The number of fused-ring (bicyclic) bond motifs is 3. The van der Waals surface area contributed by atoms with E-state index < -0.39 is 12.1 Å². The topological polar surface area (TPSA) is 54.6 Å². The van der Waals surface area contributed by atoms with Crippen molar-refractivity contribution < 1.29 is 14.3 Å². The van der Waals surface area contributed by atoms with Gasteiger partial charge in [-0.1, -0.05) is 36.3 Å². The fourth-order valence-corrected chi connectivity index (χ4v) is 6.46. The van der Waals surface area contributed by atoms with Crippen LogP contribution in [0, 0.1) is 25.2 Å². The first-order chi connectivity index (χ1) is 16.6. The molecule has 6 rings (SSSR count). The van der Waals surface area contributed by atoms with Crippen molar-refractivity contribution in [2.45, 2.75) is 57.3 Å². The number of hydrogen-bond acceptors (Lipinski definition) is 4. The minimum Gasteiger partial charge on any atom is -0.472 e. The van der Waals surface area contributed by atoms with Crippen LogP contribution >= 0.6 is 0 Å². The number of aromatic nitrogens is 1. The zero-order valence-electron chi connectivity index (χ0n) is 19.6. The largest absolute Gasteiger partial charge is 0.472 e. The fraction of sp³-hybridized carbons (Fsp3) is 0.414. The fourth-order valence-electron chi connectivity index (χ4n) is 6.46. The first-order valence-electron chi connectivity index (χ1n) is 12.4. The van der Waals surface area contributed by atoms with Gasteiger partial charge in [0.15, 0.2) is 11.8 Å². The van der Waals surface area contributed by atoms with Gasteiger partial charge in [0.1, 0.15) is 5.75 Å². The van der Waals surface area contributed by atoms with Crippen molar-refractivity contribution in [1.29, 1.82) is 0 Å². The monoisotopic (exact) mass is 454 g/mol. The van der Waals surface area contributed by atoms with Gasteiger partial charge in [0.2, 0.25) is 0 Å². The Morgan fingerprint density at radius 3 is 2.85 bits per heavy atom. The number of aromatic amines is 1. The smallest absolute Gasteiger partial charge is 0.342 e. The van der Waals surface area contributed by atoms with E-state index in [4.69, 9.17) is 15.9 Å². The second-order valence-corrected chi connectivity index (χ2v) is 9.89. The van der Waals surface area contributed by atoms with Gasteiger partial charge in [-0.3, -0.25) is 4.90 Å². The molecule has 1 spiro atoms. The summed E-state index contributed by atoms with van der Waals surface area (Å²) in [6.07, 6.45) is 11.8. The summed E-state index contributed by atoms with van der Waals surface area (Å²) in [6, 6.07) is 13.6. The molecule has 34 heavy (non-hydrogen) atoms. The SMILES string of the molecule is C#CC(OC(=O)c1c(C)[nH]c2ccc3c(c12)CC1CCCN2CCCCC12O3)c1ccccc1. The Hall–Kier alpha value is -3.23. The molecule has 0 radical (unpaired) electrons. The van der Waals surface area contributed by atoms with E-state index in [1.54, 1.807) is 0 Å². The third-order valence-corrected chi connectivity index (χ3v) is 8.00. The number of hydrogen-bond donors (Lipinski definition) is 1. The van der Waals surface area contributed by atoms with Crippen LogP contribution in [0.2, 0.25) is 0 Å². The Balaban J connectivity index is 1.40. The summed E-state index contributed by atoms with van der Waals surface area (Å²) in [7, 11) is 0. The maximum atomic E-state index is 13.5. The lowest BCUT2D eigenvalue weighted by molar-refractivity contribution is -0.177. The molecule has 0 amide bonds. The first kappa shape index (κ1) is 21.3. The van der Waals surface area contributed by atoms with Crippen LogP contribution in [0.4, 0.5) is 0 Å². The molecule has 2 aromatic carbocycles. The summed E-state index contributed by atoms with van der Waals surface area (Å²) >= 11 is 0. The molecule has 174 valence electrons. The zero-order valence-corrected chi connectivity index (χ0v) is 19.6. The third kappa shape index (κ3) is 3.24. The van der Waals surface area contributed by atoms with Crippen molar-refractivity contribution in [2.75, 3.05) is 13.1 Å². The summed E-state index contributed by atoms with van der Waals surface area (Å²) in [4.78, 5) is 19.5. The van der Waals surface area contributed by atoms with Crippen molar-refractivity contribution in [3.63, 3.8) is 0 Å². The van der Waals surface area contributed by atoms with Crippen LogP contribution in [-0.2, 0) is 11.2 Å². The molecule has 4 heterocycles. The highest BCUT2D eigenvalue weighted by Crippen LogP contribution is 2.50. The van der Waals surface area contributed by atoms with Crippen LogP contribution in [0.3, 0.4) is 0 Å².